The van der Waals surface area contributed by atoms with Crippen molar-refractivity contribution in [1.29, 1.82) is 0 Å². The van der Waals surface area contributed by atoms with E-state index in [4.69, 9.17) is 9.52 Å². The van der Waals surface area contributed by atoms with E-state index in [1.54, 1.807) is 11.8 Å². The third-order valence-corrected chi connectivity index (χ3v) is 3.20. The van der Waals surface area contributed by atoms with Gasteiger partial charge in [-0.2, -0.15) is 0 Å². The van der Waals surface area contributed by atoms with Crippen LogP contribution in [0.25, 0.3) is 0 Å². The molecule has 1 amide bonds. The second kappa shape index (κ2) is 6.26. The summed E-state index contributed by atoms with van der Waals surface area (Å²) in [5.41, 5.74) is 0.793. The number of carboxylic acid groups (broad SMARTS) is 1. The van der Waals surface area contributed by atoms with Crippen LogP contribution in [0.2, 0.25) is 0 Å². The fourth-order valence-electron chi connectivity index (χ4n) is 2.16. The smallest absolute Gasteiger partial charge is 0.339 e. The summed E-state index contributed by atoms with van der Waals surface area (Å²) in [4.78, 5) is 25.2. The zero-order chi connectivity index (χ0) is 15.4. The maximum Gasteiger partial charge on any atom is 0.339 e. The summed E-state index contributed by atoms with van der Waals surface area (Å²) >= 11 is 0. The Labute approximate surface area is 122 Å². The molecule has 110 valence electrons. The summed E-state index contributed by atoms with van der Waals surface area (Å²) in [7, 11) is 0. The quantitative estimate of drug-likeness (QED) is 0.916. The highest BCUT2D eigenvalue weighted by molar-refractivity contribution is 6.05. The van der Waals surface area contributed by atoms with Gasteiger partial charge >= 0.3 is 5.97 Å². The summed E-state index contributed by atoms with van der Waals surface area (Å²) in [6, 6.07) is 10.5. The molecule has 0 saturated heterocycles. The molecular formula is C16H17NO4. The number of amides is 1. The van der Waals surface area contributed by atoms with E-state index in [2.05, 4.69) is 0 Å². The lowest BCUT2D eigenvalue weighted by molar-refractivity contribution is 0.0694. The average Bonchev–Trinajstić information content (AvgIpc) is 2.93. The second-order valence-electron chi connectivity index (χ2n) is 4.49. The number of aromatic carboxylic acids is 1. The van der Waals surface area contributed by atoms with E-state index in [9.17, 15) is 9.59 Å². The highest BCUT2D eigenvalue weighted by atomic mass is 16.4. The minimum absolute atomic E-state index is 0.0463. The van der Waals surface area contributed by atoms with Crippen LogP contribution in [0.3, 0.4) is 0 Å². The molecule has 5 nitrogen and oxygen atoms in total. The number of rotatable bonds is 5. The van der Waals surface area contributed by atoms with Gasteiger partial charge in [-0.15, -0.1) is 0 Å². The van der Waals surface area contributed by atoms with Crippen molar-refractivity contribution in [2.75, 3.05) is 11.4 Å². The van der Waals surface area contributed by atoms with Gasteiger partial charge in [0.05, 0.1) is 0 Å². The maximum absolute atomic E-state index is 12.5. The Morgan fingerprint density at radius 2 is 1.86 bits per heavy atom. The van der Waals surface area contributed by atoms with Crippen molar-refractivity contribution < 1.29 is 19.1 Å². The molecule has 0 aliphatic rings. The van der Waals surface area contributed by atoms with Crippen LogP contribution in [0.4, 0.5) is 5.69 Å². The van der Waals surface area contributed by atoms with Gasteiger partial charge in [-0.25, -0.2) is 4.79 Å². The standard InChI is InChI=1S/C16H17NO4/c1-3-13-12(16(19)20)10-14(21-13)15(18)17(4-2)11-8-6-5-7-9-11/h5-10H,3-4H2,1-2H3,(H,19,20). The Bertz CT molecular complexity index is 646. The third kappa shape index (κ3) is 2.97. The van der Waals surface area contributed by atoms with Crippen molar-refractivity contribution in [3.8, 4) is 0 Å². The minimum Gasteiger partial charge on any atom is -0.478 e. The molecule has 0 saturated carbocycles. The average molecular weight is 287 g/mol. The molecule has 1 aromatic heterocycles. The van der Waals surface area contributed by atoms with Gasteiger partial charge in [0, 0.05) is 24.7 Å². The van der Waals surface area contributed by atoms with Crippen LogP contribution in [-0.4, -0.2) is 23.5 Å². The number of carbonyl (C=O) groups excluding carboxylic acids is 1. The first-order chi connectivity index (χ1) is 10.1. The topological polar surface area (TPSA) is 70.8 Å². The van der Waals surface area contributed by atoms with Gasteiger partial charge in [-0.05, 0) is 19.1 Å². The molecule has 0 aliphatic carbocycles. The van der Waals surface area contributed by atoms with E-state index in [1.807, 2.05) is 37.3 Å². The lowest BCUT2D eigenvalue weighted by Gasteiger charge is -2.19. The summed E-state index contributed by atoms with van der Waals surface area (Å²) in [6.45, 7) is 4.11. The van der Waals surface area contributed by atoms with E-state index < -0.39 is 5.97 Å². The van der Waals surface area contributed by atoms with E-state index in [0.29, 0.717) is 18.7 Å². The highest BCUT2D eigenvalue weighted by Crippen LogP contribution is 2.21. The number of benzene rings is 1. The van der Waals surface area contributed by atoms with Crippen LogP contribution in [0, 0.1) is 0 Å². The van der Waals surface area contributed by atoms with Crippen LogP contribution in [0.15, 0.2) is 40.8 Å². The number of anilines is 1. The molecule has 2 rings (SSSR count). The molecule has 1 aromatic carbocycles. The summed E-state index contributed by atoms with van der Waals surface area (Å²) in [5, 5.41) is 9.12. The number of carbonyl (C=O) groups is 2. The zero-order valence-electron chi connectivity index (χ0n) is 12.0. The Hall–Kier alpha value is -2.56. The van der Waals surface area contributed by atoms with Crippen molar-refractivity contribution >= 4 is 17.6 Å². The number of hydrogen-bond acceptors (Lipinski definition) is 3. The molecule has 1 heterocycles. The molecule has 0 spiro atoms. The van der Waals surface area contributed by atoms with Gasteiger partial charge in [0.1, 0.15) is 11.3 Å². The van der Waals surface area contributed by atoms with Crippen LogP contribution >= 0.6 is 0 Å². The Kier molecular flexibility index (Phi) is 4.42. The fourth-order valence-corrected chi connectivity index (χ4v) is 2.16. The van der Waals surface area contributed by atoms with Gasteiger partial charge in [0.15, 0.2) is 5.76 Å². The van der Waals surface area contributed by atoms with Crippen molar-refractivity contribution in [3.63, 3.8) is 0 Å². The largest absolute Gasteiger partial charge is 0.478 e. The first-order valence-electron chi connectivity index (χ1n) is 6.81. The number of hydrogen-bond donors (Lipinski definition) is 1. The zero-order valence-corrected chi connectivity index (χ0v) is 12.0. The lowest BCUT2D eigenvalue weighted by atomic mass is 10.2. The van der Waals surface area contributed by atoms with E-state index >= 15 is 0 Å². The van der Waals surface area contributed by atoms with Crippen molar-refractivity contribution in [3.05, 3.63) is 53.5 Å². The van der Waals surface area contributed by atoms with E-state index in [-0.39, 0.29) is 17.2 Å². The molecule has 5 heteroatoms. The number of carboxylic acids is 1. The third-order valence-electron chi connectivity index (χ3n) is 3.20. The van der Waals surface area contributed by atoms with Crippen LogP contribution < -0.4 is 4.90 Å². The molecule has 0 radical (unpaired) electrons. The Balaban J connectivity index is 2.37. The van der Waals surface area contributed by atoms with Crippen molar-refractivity contribution in [1.82, 2.24) is 0 Å². The highest BCUT2D eigenvalue weighted by Gasteiger charge is 2.24. The molecule has 0 unspecified atom stereocenters. The molecule has 1 N–H and O–H groups in total. The number of para-hydroxylation sites is 1. The lowest BCUT2D eigenvalue weighted by Crippen LogP contribution is -2.30. The van der Waals surface area contributed by atoms with Crippen LogP contribution in [-0.2, 0) is 6.42 Å². The summed E-state index contributed by atoms with van der Waals surface area (Å²) in [5.74, 6) is -1.06. The van der Waals surface area contributed by atoms with Crippen LogP contribution in [0.5, 0.6) is 0 Å². The monoisotopic (exact) mass is 287 g/mol. The maximum atomic E-state index is 12.5. The van der Waals surface area contributed by atoms with Gasteiger partial charge in [0.2, 0.25) is 0 Å². The number of aryl methyl sites for hydroxylation is 1. The van der Waals surface area contributed by atoms with Crippen LogP contribution in [0.1, 0.15) is 40.5 Å². The van der Waals surface area contributed by atoms with E-state index in [0.717, 1.165) is 5.69 Å². The first-order valence-corrected chi connectivity index (χ1v) is 6.81. The van der Waals surface area contributed by atoms with Crippen molar-refractivity contribution in [2.45, 2.75) is 20.3 Å². The Morgan fingerprint density at radius 1 is 1.19 bits per heavy atom. The molecule has 0 fully saturated rings. The minimum atomic E-state index is -1.09. The normalized spacial score (nSPS) is 10.4. The first kappa shape index (κ1) is 14.8. The fraction of sp³-hybridized carbons (Fsp3) is 0.250. The molecular weight excluding hydrogens is 270 g/mol. The SMILES string of the molecule is CCc1oc(C(=O)N(CC)c2ccccc2)cc1C(=O)O. The van der Waals surface area contributed by atoms with Gasteiger partial charge in [-0.3, -0.25) is 4.79 Å². The van der Waals surface area contributed by atoms with E-state index in [1.165, 1.54) is 6.07 Å². The number of furan rings is 1. The molecule has 0 aliphatic heterocycles. The van der Waals surface area contributed by atoms with Gasteiger partial charge in [0.25, 0.3) is 5.91 Å². The van der Waals surface area contributed by atoms with Gasteiger partial charge < -0.3 is 14.4 Å². The summed E-state index contributed by atoms with van der Waals surface area (Å²) < 4.78 is 5.42. The molecule has 2 aromatic rings. The predicted molar refractivity (Wildman–Crippen MR) is 78.8 cm³/mol. The molecule has 0 bridgehead atoms. The molecule has 0 atom stereocenters. The molecule has 21 heavy (non-hydrogen) atoms. The predicted octanol–water partition coefficient (Wildman–Crippen LogP) is 3.21. The summed E-state index contributed by atoms with van der Waals surface area (Å²) in [6.07, 6.45) is 0.423. The number of nitrogens with zero attached hydrogens (tertiary/aromatic N) is 1. The second-order valence-corrected chi connectivity index (χ2v) is 4.49. The van der Waals surface area contributed by atoms with Crippen molar-refractivity contribution in [2.24, 2.45) is 0 Å². The Morgan fingerprint density at radius 3 is 2.33 bits per heavy atom. The van der Waals surface area contributed by atoms with Gasteiger partial charge in [-0.1, -0.05) is 25.1 Å².